The van der Waals surface area contributed by atoms with Crippen LogP contribution in [0.25, 0.3) is 0 Å². The molecule has 0 spiro atoms. The average molecular weight is 414 g/mol. The topological polar surface area (TPSA) is 38.7 Å². The van der Waals surface area contributed by atoms with Crippen molar-refractivity contribution in [1.82, 2.24) is 0 Å². The molecule has 0 saturated carbocycles. The minimum Gasteiger partial charge on any atom is -0.466 e. The van der Waals surface area contributed by atoms with E-state index < -0.39 is 0 Å². The Morgan fingerprint density at radius 1 is 0.839 bits per heavy atom. The second-order valence-corrected chi connectivity index (χ2v) is 8.57. The fraction of sp³-hybridized carbons (Fsp3) is 0.286. The predicted octanol–water partition coefficient (Wildman–Crippen LogP) is 6.52. The first-order valence-electron chi connectivity index (χ1n) is 10.8. The molecule has 0 aliphatic rings. The van der Waals surface area contributed by atoms with Crippen LogP contribution in [-0.4, -0.2) is 18.3 Å². The molecule has 0 radical (unpaired) electrons. The Bertz CT molecular complexity index is 976. The summed E-state index contributed by atoms with van der Waals surface area (Å²) in [5.74, 6) is -0.236. The number of rotatable bonds is 7. The van der Waals surface area contributed by atoms with Crippen LogP contribution >= 0.6 is 0 Å². The molecule has 3 aromatic carbocycles. The van der Waals surface area contributed by atoms with E-state index in [1.165, 1.54) is 5.56 Å². The van der Waals surface area contributed by atoms with Crippen molar-refractivity contribution in [3.8, 4) is 0 Å². The number of ether oxygens (including phenoxy) is 1. The second kappa shape index (κ2) is 10.2. The minimum absolute atomic E-state index is 0.0708. The number of esters is 1. The molecule has 31 heavy (non-hydrogen) atoms. The fourth-order valence-electron chi connectivity index (χ4n) is 3.74. The van der Waals surface area contributed by atoms with Gasteiger partial charge in [-0.1, -0.05) is 106 Å². The van der Waals surface area contributed by atoms with E-state index in [-0.39, 0.29) is 23.8 Å². The van der Waals surface area contributed by atoms with Crippen LogP contribution in [0.2, 0.25) is 0 Å². The van der Waals surface area contributed by atoms with Gasteiger partial charge >= 0.3 is 5.97 Å². The molecule has 0 aliphatic heterocycles. The number of nitrogens with zero attached hydrogens (tertiary/aromatic N) is 1. The van der Waals surface area contributed by atoms with Gasteiger partial charge in [0.15, 0.2) is 0 Å². The van der Waals surface area contributed by atoms with E-state index in [0.717, 1.165) is 22.4 Å². The molecule has 0 amide bonds. The highest BCUT2D eigenvalue weighted by molar-refractivity contribution is 6.13. The number of carbonyl (C=O) groups excluding carboxylic acids is 1. The lowest BCUT2D eigenvalue weighted by molar-refractivity contribution is -0.143. The molecule has 3 rings (SSSR count). The highest BCUT2D eigenvalue weighted by Gasteiger charge is 2.25. The Morgan fingerprint density at radius 2 is 1.35 bits per heavy atom. The summed E-state index contributed by atoms with van der Waals surface area (Å²) >= 11 is 0. The summed E-state index contributed by atoms with van der Waals surface area (Å²) in [5.41, 5.74) is 5.10. The molecule has 0 bridgehead atoms. The third-order valence-corrected chi connectivity index (χ3v) is 5.17. The lowest BCUT2D eigenvalue weighted by Crippen LogP contribution is -2.19. The zero-order valence-corrected chi connectivity index (χ0v) is 18.8. The zero-order valence-electron chi connectivity index (χ0n) is 18.8. The largest absolute Gasteiger partial charge is 0.466 e. The Morgan fingerprint density at radius 3 is 1.87 bits per heavy atom. The Kier molecular flexibility index (Phi) is 7.41. The quantitative estimate of drug-likeness (QED) is 0.327. The molecule has 0 heterocycles. The molecular formula is C28H31NO2. The van der Waals surface area contributed by atoms with Gasteiger partial charge in [-0.05, 0) is 23.5 Å². The monoisotopic (exact) mass is 413 g/mol. The number of benzene rings is 3. The van der Waals surface area contributed by atoms with Crippen LogP contribution in [0.5, 0.6) is 0 Å². The standard InChI is InChI=1S/C28H31NO2/c1-5-31-26(30)20-25(23-18-12-13-19-24(23)28(2,3)4)29-27(21-14-8-6-9-15-21)22-16-10-7-11-17-22/h6-19,25H,5,20H2,1-4H3. The van der Waals surface area contributed by atoms with Crippen molar-refractivity contribution < 1.29 is 9.53 Å². The van der Waals surface area contributed by atoms with E-state index in [9.17, 15) is 4.79 Å². The van der Waals surface area contributed by atoms with Crippen molar-refractivity contribution in [2.75, 3.05) is 6.61 Å². The number of hydrogen-bond acceptors (Lipinski definition) is 3. The zero-order chi connectivity index (χ0) is 22.3. The van der Waals surface area contributed by atoms with Gasteiger partial charge in [0.1, 0.15) is 0 Å². The van der Waals surface area contributed by atoms with Crippen LogP contribution in [0.15, 0.2) is 89.9 Å². The molecule has 3 heteroatoms. The molecule has 0 aliphatic carbocycles. The number of aliphatic imine (C=N–C) groups is 1. The second-order valence-electron chi connectivity index (χ2n) is 8.57. The summed E-state index contributed by atoms with van der Waals surface area (Å²) in [6.07, 6.45) is 0.199. The maximum Gasteiger partial charge on any atom is 0.308 e. The van der Waals surface area contributed by atoms with Crippen molar-refractivity contribution in [2.24, 2.45) is 4.99 Å². The Balaban J connectivity index is 2.18. The molecule has 1 atom stereocenters. The highest BCUT2D eigenvalue weighted by atomic mass is 16.5. The minimum atomic E-state index is -0.343. The van der Waals surface area contributed by atoms with Crippen molar-refractivity contribution >= 4 is 11.7 Å². The number of carbonyl (C=O) groups is 1. The molecule has 1 unspecified atom stereocenters. The van der Waals surface area contributed by atoms with Gasteiger partial charge in [0.2, 0.25) is 0 Å². The van der Waals surface area contributed by atoms with Crippen LogP contribution in [0, 0.1) is 0 Å². The summed E-state index contributed by atoms with van der Waals surface area (Å²) in [4.78, 5) is 17.7. The van der Waals surface area contributed by atoms with Gasteiger partial charge in [0.05, 0.1) is 24.8 Å². The third kappa shape index (κ3) is 5.91. The van der Waals surface area contributed by atoms with Crippen molar-refractivity contribution in [1.29, 1.82) is 0 Å². The number of hydrogen-bond donors (Lipinski definition) is 0. The first-order chi connectivity index (χ1) is 14.9. The highest BCUT2D eigenvalue weighted by Crippen LogP contribution is 2.34. The summed E-state index contributed by atoms with van der Waals surface area (Å²) in [6.45, 7) is 8.75. The summed E-state index contributed by atoms with van der Waals surface area (Å²) < 4.78 is 5.30. The van der Waals surface area contributed by atoms with E-state index in [0.29, 0.717) is 6.61 Å². The van der Waals surface area contributed by atoms with Crippen LogP contribution in [0.4, 0.5) is 0 Å². The Labute approximate surface area is 185 Å². The van der Waals surface area contributed by atoms with E-state index in [1.54, 1.807) is 0 Å². The SMILES string of the molecule is CCOC(=O)CC(N=C(c1ccccc1)c1ccccc1)c1ccccc1C(C)(C)C. The molecule has 3 aromatic rings. The normalized spacial score (nSPS) is 12.1. The molecule has 0 N–H and O–H groups in total. The first-order valence-corrected chi connectivity index (χ1v) is 10.8. The van der Waals surface area contributed by atoms with Gasteiger partial charge in [-0.15, -0.1) is 0 Å². The first kappa shape index (κ1) is 22.5. The summed E-state index contributed by atoms with van der Waals surface area (Å²) in [7, 11) is 0. The van der Waals surface area contributed by atoms with Crippen LogP contribution in [-0.2, 0) is 14.9 Å². The van der Waals surface area contributed by atoms with Crippen LogP contribution < -0.4 is 0 Å². The van der Waals surface area contributed by atoms with E-state index in [2.05, 4.69) is 57.2 Å². The smallest absolute Gasteiger partial charge is 0.308 e. The van der Waals surface area contributed by atoms with Gasteiger partial charge in [0.25, 0.3) is 0 Å². The predicted molar refractivity (Wildman–Crippen MR) is 128 cm³/mol. The van der Waals surface area contributed by atoms with Gasteiger partial charge in [-0.25, -0.2) is 0 Å². The van der Waals surface area contributed by atoms with Gasteiger partial charge < -0.3 is 4.74 Å². The lowest BCUT2D eigenvalue weighted by atomic mass is 9.81. The van der Waals surface area contributed by atoms with E-state index in [1.807, 2.05) is 55.5 Å². The lowest BCUT2D eigenvalue weighted by Gasteiger charge is -2.26. The Hall–Kier alpha value is -3.20. The van der Waals surface area contributed by atoms with Gasteiger partial charge in [-0.3, -0.25) is 9.79 Å². The van der Waals surface area contributed by atoms with Crippen LogP contribution in [0.1, 0.15) is 62.4 Å². The van der Waals surface area contributed by atoms with Crippen molar-refractivity contribution in [3.05, 3.63) is 107 Å². The van der Waals surface area contributed by atoms with Crippen molar-refractivity contribution in [3.63, 3.8) is 0 Å². The molecule has 0 aromatic heterocycles. The van der Waals surface area contributed by atoms with Gasteiger partial charge in [-0.2, -0.15) is 0 Å². The third-order valence-electron chi connectivity index (χ3n) is 5.17. The van der Waals surface area contributed by atoms with E-state index >= 15 is 0 Å². The van der Waals surface area contributed by atoms with Crippen molar-refractivity contribution in [2.45, 2.75) is 45.6 Å². The molecule has 160 valence electrons. The van der Waals surface area contributed by atoms with E-state index in [4.69, 9.17) is 9.73 Å². The maximum absolute atomic E-state index is 12.6. The molecule has 0 fully saturated rings. The summed E-state index contributed by atoms with van der Waals surface area (Å²) in [5, 5.41) is 0. The average Bonchev–Trinajstić information content (AvgIpc) is 2.77. The summed E-state index contributed by atoms with van der Waals surface area (Å²) in [6, 6.07) is 28.2. The van der Waals surface area contributed by atoms with Gasteiger partial charge in [0, 0.05) is 11.1 Å². The molecule has 0 saturated heterocycles. The molecular weight excluding hydrogens is 382 g/mol. The van der Waals surface area contributed by atoms with Crippen LogP contribution in [0.3, 0.4) is 0 Å². The molecule has 3 nitrogen and oxygen atoms in total. The maximum atomic E-state index is 12.6. The fourth-order valence-corrected chi connectivity index (χ4v) is 3.74.